The summed E-state index contributed by atoms with van der Waals surface area (Å²) in [6.45, 7) is 4.31. The van der Waals surface area contributed by atoms with Crippen molar-refractivity contribution >= 4 is 11.3 Å². The molecular weight excluding hydrogens is 240 g/mol. The van der Waals surface area contributed by atoms with Crippen molar-refractivity contribution in [2.45, 2.75) is 32.7 Å². The van der Waals surface area contributed by atoms with Crippen molar-refractivity contribution in [2.75, 3.05) is 6.54 Å². The number of nitrogens with zero attached hydrogens (tertiary/aromatic N) is 1. The molecule has 0 unspecified atom stereocenters. The lowest BCUT2D eigenvalue weighted by atomic mass is 10.1. The summed E-state index contributed by atoms with van der Waals surface area (Å²) in [7, 11) is 0. The van der Waals surface area contributed by atoms with Gasteiger partial charge in [0.15, 0.2) is 0 Å². The summed E-state index contributed by atoms with van der Waals surface area (Å²) >= 11 is 1.64. The van der Waals surface area contributed by atoms with Gasteiger partial charge in [-0.05, 0) is 18.5 Å². The zero-order valence-corrected chi connectivity index (χ0v) is 11.7. The molecule has 1 aromatic heterocycles. The van der Waals surface area contributed by atoms with E-state index in [9.17, 15) is 0 Å². The van der Waals surface area contributed by atoms with Gasteiger partial charge in [0.25, 0.3) is 0 Å². The van der Waals surface area contributed by atoms with Crippen LogP contribution in [0.1, 0.15) is 31.7 Å². The molecule has 1 heterocycles. The van der Waals surface area contributed by atoms with Crippen LogP contribution in [0.2, 0.25) is 0 Å². The quantitative estimate of drug-likeness (QED) is 0.758. The van der Waals surface area contributed by atoms with Gasteiger partial charge in [-0.15, -0.1) is 11.3 Å². The van der Waals surface area contributed by atoms with Crippen LogP contribution >= 0.6 is 11.3 Å². The van der Waals surface area contributed by atoms with Crippen LogP contribution in [0, 0.1) is 0 Å². The van der Waals surface area contributed by atoms with Crippen LogP contribution in [0.5, 0.6) is 0 Å². The summed E-state index contributed by atoms with van der Waals surface area (Å²) in [6.07, 6.45) is 3.87. The molecule has 2 nitrogen and oxygen atoms in total. The lowest BCUT2D eigenvalue weighted by Gasteiger charge is -2.05. The Morgan fingerprint density at radius 1 is 1.17 bits per heavy atom. The normalized spacial score (nSPS) is 10.7. The van der Waals surface area contributed by atoms with Gasteiger partial charge in [-0.1, -0.05) is 44.0 Å². The molecule has 0 amide bonds. The average Bonchev–Trinajstić information content (AvgIpc) is 2.93. The Kier molecular flexibility index (Phi) is 5.36. The molecule has 0 aliphatic heterocycles. The van der Waals surface area contributed by atoms with E-state index in [1.807, 2.05) is 5.51 Å². The lowest BCUT2D eigenvalue weighted by Crippen LogP contribution is -2.14. The molecular formula is C15H20N2S. The van der Waals surface area contributed by atoms with E-state index < -0.39 is 0 Å². The fraction of sp³-hybridized carbons (Fsp3) is 0.400. The first-order valence-electron chi connectivity index (χ1n) is 6.58. The largest absolute Gasteiger partial charge is 0.313 e. The third-order valence-corrected chi connectivity index (χ3v) is 3.55. The molecule has 0 aliphatic carbocycles. The molecule has 2 aromatic rings. The van der Waals surface area contributed by atoms with Crippen molar-refractivity contribution in [3.8, 4) is 11.3 Å². The minimum atomic E-state index is 0.959. The second kappa shape index (κ2) is 7.29. The number of aromatic nitrogens is 1. The molecule has 0 fully saturated rings. The van der Waals surface area contributed by atoms with E-state index in [4.69, 9.17) is 0 Å². The number of rotatable bonds is 7. The van der Waals surface area contributed by atoms with Gasteiger partial charge >= 0.3 is 0 Å². The van der Waals surface area contributed by atoms with Crippen molar-refractivity contribution in [1.29, 1.82) is 0 Å². The van der Waals surface area contributed by atoms with Gasteiger partial charge in [-0.3, -0.25) is 0 Å². The summed E-state index contributed by atoms with van der Waals surface area (Å²) in [5.74, 6) is 0. The van der Waals surface area contributed by atoms with Crippen LogP contribution in [0.3, 0.4) is 0 Å². The van der Waals surface area contributed by atoms with Crippen molar-refractivity contribution in [3.05, 3.63) is 40.7 Å². The van der Waals surface area contributed by atoms with E-state index in [1.165, 1.54) is 30.4 Å². The van der Waals surface area contributed by atoms with Crippen LogP contribution in [0.25, 0.3) is 11.3 Å². The zero-order chi connectivity index (χ0) is 12.6. The molecule has 0 radical (unpaired) electrons. The van der Waals surface area contributed by atoms with Gasteiger partial charge < -0.3 is 5.32 Å². The maximum absolute atomic E-state index is 4.31. The van der Waals surface area contributed by atoms with Crippen molar-refractivity contribution < 1.29 is 0 Å². The molecule has 0 spiro atoms. The predicted molar refractivity (Wildman–Crippen MR) is 78.8 cm³/mol. The summed E-state index contributed by atoms with van der Waals surface area (Å²) < 4.78 is 0. The third kappa shape index (κ3) is 3.93. The minimum Gasteiger partial charge on any atom is -0.313 e. The first-order chi connectivity index (χ1) is 8.90. The van der Waals surface area contributed by atoms with E-state index in [-0.39, 0.29) is 0 Å². The molecule has 96 valence electrons. The smallest absolute Gasteiger partial charge is 0.0811 e. The van der Waals surface area contributed by atoms with Gasteiger partial charge in [0.1, 0.15) is 0 Å². The molecule has 0 saturated carbocycles. The van der Waals surface area contributed by atoms with Gasteiger partial charge in [0, 0.05) is 17.5 Å². The first-order valence-corrected chi connectivity index (χ1v) is 7.52. The molecule has 1 aromatic carbocycles. The Labute approximate surface area is 113 Å². The highest BCUT2D eigenvalue weighted by Gasteiger charge is 1.99. The van der Waals surface area contributed by atoms with E-state index in [0.717, 1.165) is 18.8 Å². The Hall–Kier alpha value is -1.19. The molecule has 0 bridgehead atoms. The molecule has 0 aliphatic rings. The topological polar surface area (TPSA) is 24.9 Å². The van der Waals surface area contributed by atoms with E-state index in [2.05, 4.69) is 46.9 Å². The number of thiazole rings is 1. The number of hydrogen-bond donors (Lipinski definition) is 1. The van der Waals surface area contributed by atoms with Crippen molar-refractivity contribution in [3.63, 3.8) is 0 Å². The Bertz CT molecular complexity index is 434. The van der Waals surface area contributed by atoms with Crippen LogP contribution in [0.15, 0.2) is 35.2 Å². The first kappa shape index (κ1) is 13.2. The average molecular weight is 260 g/mol. The summed E-state index contributed by atoms with van der Waals surface area (Å²) in [5, 5.41) is 5.56. The molecule has 3 heteroatoms. The van der Waals surface area contributed by atoms with Gasteiger partial charge in [-0.25, -0.2) is 4.98 Å². The SMILES string of the molecule is CCCCCNCc1ccc(-c2cscn2)cc1. The molecule has 0 atom stereocenters. The number of unbranched alkanes of at least 4 members (excludes halogenated alkanes) is 2. The van der Waals surface area contributed by atoms with Crippen LogP contribution in [0.4, 0.5) is 0 Å². The highest BCUT2D eigenvalue weighted by atomic mass is 32.1. The molecule has 1 N–H and O–H groups in total. The van der Waals surface area contributed by atoms with Gasteiger partial charge in [0.05, 0.1) is 11.2 Å². The maximum Gasteiger partial charge on any atom is 0.0811 e. The van der Waals surface area contributed by atoms with E-state index >= 15 is 0 Å². The summed E-state index contributed by atoms with van der Waals surface area (Å²) in [6, 6.07) is 8.67. The Morgan fingerprint density at radius 3 is 2.67 bits per heavy atom. The van der Waals surface area contributed by atoms with Gasteiger partial charge in [0.2, 0.25) is 0 Å². The standard InChI is InChI=1S/C15H20N2S/c1-2-3-4-9-16-10-13-5-7-14(8-6-13)15-11-18-12-17-15/h5-8,11-12,16H,2-4,9-10H2,1H3. The highest BCUT2D eigenvalue weighted by Crippen LogP contribution is 2.19. The monoisotopic (exact) mass is 260 g/mol. The minimum absolute atomic E-state index is 0.959. The van der Waals surface area contributed by atoms with Crippen LogP contribution in [-0.4, -0.2) is 11.5 Å². The highest BCUT2D eigenvalue weighted by molar-refractivity contribution is 7.07. The number of benzene rings is 1. The predicted octanol–water partition coefficient (Wildman–Crippen LogP) is 4.09. The molecule has 0 saturated heterocycles. The van der Waals surface area contributed by atoms with E-state index in [0.29, 0.717) is 0 Å². The Balaban J connectivity index is 1.81. The molecule has 2 rings (SSSR count). The van der Waals surface area contributed by atoms with Crippen LogP contribution in [-0.2, 0) is 6.54 Å². The zero-order valence-electron chi connectivity index (χ0n) is 10.9. The number of hydrogen-bond acceptors (Lipinski definition) is 3. The summed E-state index contributed by atoms with van der Waals surface area (Å²) in [5.41, 5.74) is 5.48. The van der Waals surface area contributed by atoms with Crippen molar-refractivity contribution in [2.24, 2.45) is 0 Å². The molecule has 18 heavy (non-hydrogen) atoms. The second-order valence-electron chi connectivity index (χ2n) is 4.45. The second-order valence-corrected chi connectivity index (χ2v) is 5.17. The van der Waals surface area contributed by atoms with E-state index in [1.54, 1.807) is 11.3 Å². The van der Waals surface area contributed by atoms with Crippen LogP contribution < -0.4 is 5.32 Å². The van der Waals surface area contributed by atoms with Gasteiger partial charge in [-0.2, -0.15) is 0 Å². The summed E-state index contributed by atoms with van der Waals surface area (Å²) in [4.78, 5) is 4.31. The fourth-order valence-corrected chi connectivity index (χ4v) is 2.44. The third-order valence-electron chi connectivity index (χ3n) is 2.97. The fourth-order valence-electron chi connectivity index (χ4n) is 1.88. The maximum atomic E-state index is 4.31. The number of nitrogens with one attached hydrogen (secondary N) is 1. The van der Waals surface area contributed by atoms with Crippen molar-refractivity contribution in [1.82, 2.24) is 10.3 Å². The lowest BCUT2D eigenvalue weighted by molar-refractivity contribution is 0.617. The Morgan fingerprint density at radius 2 is 2.00 bits per heavy atom.